The van der Waals surface area contributed by atoms with Crippen LogP contribution in [0.25, 0.3) is 55.3 Å². The van der Waals surface area contributed by atoms with E-state index in [-0.39, 0.29) is 0 Å². The lowest BCUT2D eigenvalue weighted by molar-refractivity contribution is 0.669. The molecule has 0 radical (unpaired) electrons. The number of benzene rings is 10. The lowest BCUT2D eigenvalue weighted by Gasteiger charge is -2.34. The van der Waals surface area contributed by atoms with Crippen LogP contribution in [-0.2, 0) is 0 Å². The molecular formula is C60H43NOSi. The molecule has 0 amide bonds. The van der Waals surface area contributed by atoms with Gasteiger partial charge in [0.1, 0.15) is 11.2 Å². The highest BCUT2D eigenvalue weighted by Crippen LogP contribution is 2.46. The van der Waals surface area contributed by atoms with Crippen molar-refractivity contribution >= 4 is 67.8 Å². The van der Waals surface area contributed by atoms with Gasteiger partial charge in [-0.1, -0.05) is 218 Å². The van der Waals surface area contributed by atoms with Crippen molar-refractivity contribution in [3.8, 4) is 33.4 Å². The van der Waals surface area contributed by atoms with Crippen LogP contribution < -0.4 is 25.6 Å². The zero-order valence-corrected chi connectivity index (χ0v) is 35.7. The maximum atomic E-state index is 6.64. The standard InChI is InChI=1S/C60H43NOSi/c1-6-19-44(20-7-1)45-35-39-49(40-36-45)61(56-32-18-34-58-60(56)59-55(31-17-33-57(59)62-58)47-21-8-2-9-22-47)50-41-37-46(38-42-50)48-23-16-30-54(43-48)63(51-24-10-3-11-25-51,52-26-12-4-13-27-52)53-28-14-5-15-29-53/h1-43H. The number of nitrogens with zero attached hydrogens (tertiary/aromatic N) is 1. The first-order valence-electron chi connectivity index (χ1n) is 21.6. The Balaban J connectivity index is 1.07. The van der Waals surface area contributed by atoms with E-state index in [0.29, 0.717) is 0 Å². The van der Waals surface area contributed by atoms with Crippen LogP contribution in [0.5, 0.6) is 0 Å². The highest BCUT2D eigenvalue weighted by atomic mass is 28.3. The number of furan rings is 1. The second-order valence-electron chi connectivity index (χ2n) is 16.0. The minimum Gasteiger partial charge on any atom is -0.456 e. The Morgan fingerprint density at radius 1 is 0.286 bits per heavy atom. The predicted molar refractivity (Wildman–Crippen MR) is 268 cm³/mol. The van der Waals surface area contributed by atoms with E-state index in [1.54, 1.807) is 0 Å². The van der Waals surface area contributed by atoms with Gasteiger partial charge in [-0.3, -0.25) is 0 Å². The monoisotopic (exact) mass is 821 g/mol. The third-order valence-electron chi connectivity index (χ3n) is 12.4. The Morgan fingerprint density at radius 2 is 0.683 bits per heavy atom. The third-order valence-corrected chi connectivity index (χ3v) is 17.2. The smallest absolute Gasteiger partial charge is 0.179 e. The van der Waals surface area contributed by atoms with Gasteiger partial charge < -0.3 is 9.32 Å². The first kappa shape index (κ1) is 38.0. The highest BCUT2D eigenvalue weighted by Gasteiger charge is 2.41. The van der Waals surface area contributed by atoms with E-state index in [1.165, 1.54) is 37.4 Å². The molecule has 0 aliphatic carbocycles. The lowest BCUT2D eigenvalue weighted by atomic mass is 9.98. The molecule has 0 fully saturated rings. The molecule has 10 aromatic carbocycles. The molecule has 298 valence electrons. The third kappa shape index (κ3) is 6.86. The quantitative estimate of drug-likeness (QED) is 0.101. The van der Waals surface area contributed by atoms with Gasteiger partial charge in [-0.15, -0.1) is 0 Å². The van der Waals surface area contributed by atoms with Gasteiger partial charge in [-0.25, -0.2) is 0 Å². The number of fused-ring (bicyclic) bond motifs is 3. The topological polar surface area (TPSA) is 16.4 Å². The summed E-state index contributed by atoms with van der Waals surface area (Å²) in [5, 5.41) is 7.62. The first-order chi connectivity index (χ1) is 31.3. The Bertz CT molecular complexity index is 3200. The summed E-state index contributed by atoms with van der Waals surface area (Å²) >= 11 is 0. The van der Waals surface area contributed by atoms with Gasteiger partial charge in [0.15, 0.2) is 8.07 Å². The Morgan fingerprint density at radius 3 is 1.22 bits per heavy atom. The van der Waals surface area contributed by atoms with Crippen molar-refractivity contribution in [3.63, 3.8) is 0 Å². The molecule has 0 spiro atoms. The van der Waals surface area contributed by atoms with Crippen molar-refractivity contribution in [2.75, 3.05) is 4.90 Å². The lowest BCUT2D eigenvalue weighted by Crippen LogP contribution is -2.74. The van der Waals surface area contributed by atoms with Crippen LogP contribution in [0, 0.1) is 0 Å². The van der Waals surface area contributed by atoms with Crippen LogP contribution in [0.4, 0.5) is 17.1 Å². The molecule has 2 nitrogen and oxygen atoms in total. The molecule has 11 aromatic rings. The fourth-order valence-electron chi connectivity index (χ4n) is 9.55. The molecule has 0 unspecified atom stereocenters. The molecule has 0 N–H and O–H groups in total. The van der Waals surface area contributed by atoms with Gasteiger partial charge >= 0.3 is 0 Å². The maximum Gasteiger partial charge on any atom is 0.179 e. The van der Waals surface area contributed by atoms with E-state index in [1.807, 2.05) is 0 Å². The molecule has 11 rings (SSSR count). The van der Waals surface area contributed by atoms with Crippen molar-refractivity contribution in [2.45, 2.75) is 0 Å². The van der Waals surface area contributed by atoms with Crippen molar-refractivity contribution in [1.29, 1.82) is 0 Å². The second kappa shape index (κ2) is 16.5. The molecule has 0 saturated carbocycles. The predicted octanol–water partition coefficient (Wildman–Crippen LogP) is 13.4. The van der Waals surface area contributed by atoms with Crippen molar-refractivity contribution < 1.29 is 4.42 Å². The summed E-state index contributed by atoms with van der Waals surface area (Å²) in [6, 6.07) is 94.7. The van der Waals surface area contributed by atoms with Gasteiger partial charge in [0.2, 0.25) is 0 Å². The minimum absolute atomic E-state index is 0.855. The van der Waals surface area contributed by atoms with Crippen LogP contribution in [0.15, 0.2) is 265 Å². The van der Waals surface area contributed by atoms with E-state index in [0.717, 1.165) is 55.7 Å². The molecule has 0 bridgehead atoms. The van der Waals surface area contributed by atoms with Gasteiger partial charge in [0.25, 0.3) is 0 Å². The maximum absolute atomic E-state index is 6.64. The minimum atomic E-state index is -2.70. The van der Waals surface area contributed by atoms with E-state index < -0.39 is 8.07 Å². The van der Waals surface area contributed by atoms with E-state index in [2.05, 4.69) is 266 Å². The summed E-state index contributed by atoms with van der Waals surface area (Å²) in [7, 11) is -2.70. The van der Waals surface area contributed by atoms with Crippen LogP contribution in [0.1, 0.15) is 0 Å². The summed E-state index contributed by atoms with van der Waals surface area (Å²) < 4.78 is 6.64. The number of hydrogen-bond acceptors (Lipinski definition) is 2. The van der Waals surface area contributed by atoms with Gasteiger partial charge in [-0.2, -0.15) is 0 Å². The summed E-state index contributed by atoms with van der Waals surface area (Å²) in [5.41, 5.74) is 11.9. The van der Waals surface area contributed by atoms with Crippen molar-refractivity contribution in [1.82, 2.24) is 0 Å². The number of anilines is 3. The summed E-state index contributed by atoms with van der Waals surface area (Å²) in [5.74, 6) is 0. The van der Waals surface area contributed by atoms with E-state index in [4.69, 9.17) is 4.42 Å². The van der Waals surface area contributed by atoms with Crippen LogP contribution in [0.3, 0.4) is 0 Å². The molecule has 3 heteroatoms. The number of hydrogen-bond donors (Lipinski definition) is 0. The SMILES string of the molecule is c1ccc(-c2ccc(N(c3ccc(-c4cccc([Si](c5ccccc5)(c5ccccc5)c5ccccc5)c4)cc3)c3cccc4oc5cccc(-c6ccccc6)c5c34)cc2)cc1. The fraction of sp³-hybridized carbons (Fsp3) is 0. The molecule has 1 heterocycles. The highest BCUT2D eigenvalue weighted by molar-refractivity contribution is 7.19. The molecule has 1 aromatic heterocycles. The Kier molecular flexibility index (Phi) is 9.93. The van der Waals surface area contributed by atoms with E-state index >= 15 is 0 Å². The summed E-state index contributed by atoms with van der Waals surface area (Å²) in [6.45, 7) is 0. The fourth-order valence-corrected chi connectivity index (χ4v) is 14.3. The molecule has 0 saturated heterocycles. The largest absolute Gasteiger partial charge is 0.456 e. The molecule has 63 heavy (non-hydrogen) atoms. The van der Waals surface area contributed by atoms with Gasteiger partial charge in [-0.05, 0) is 96.6 Å². The van der Waals surface area contributed by atoms with E-state index in [9.17, 15) is 0 Å². The van der Waals surface area contributed by atoms with Crippen molar-refractivity contribution in [3.05, 3.63) is 261 Å². The second-order valence-corrected chi connectivity index (χ2v) is 19.8. The van der Waals surface area contributed by atoms with Crippen molar-refractivity contribution in [2.24, 2.45) is 0 Å². The van der Waals surface area contributed by atoms with Crippen LogP contribution in [0.2, 0.25) is 0 Å². The molecular weight excluding hydrogens is 779 g/mol. The summed E-state index contributed by atoms with van der Waals surface area (Å²) in [6.07, 6.45) is 0. The van der Waals surface area contributed by atoms with Gasteiger partial charge in [0, 0.05) is 16.8 Å². The Hall–Kier alpha value is -7.98. The Labute approximate surface area is 369 Å². The molecule has 0 aliphatic rings. The van der Waals surface area contributed by atoms with Gasteiger partial charge in [0.05, 0.1) is 11.1 Å². The van der Waals surface area contributed by atoms with Crippen LogP contribution >= 0.6 is 0 Å². The average Bonchev–Trinajstić information content (AvgIpc) is 3.76. The average molecular weight is 822 g/mol. The first-order valence-corrected chi connectivity index (χ1v) is 23.6. The molecule has 0 aliphatic heterocycles. The number of rotatable bonds is 10. The van der Waals surface area contributed by atoms with Crippen LogP contribution in [-0.4, -0.2) is 8.07 Å². The summed E-state index contributed by atoms with van der Waals surface area (Å²) in [4.78, 5) is 2.38. The zero-order valence-electron chi connectivity index (χ0n) is 34.7. The normalized spacial score (nSPS) is 11.5. The molecule has 0 atom stereocenters. The zero-order chi connectivity index (χ0) is 42.0.